The van der Waals surface area contributed by atoms with Gasteiger partial charge in [-0.1, -0.05) is 60.2 Å². The third-order valence-electron chi connectivity index (χ3n) is 7.41. The minimum Gasteiger partial charge on any atom is -0.459 e. The minimum absolute atomic E-state index is 0.0248. The number of nitrogens with one attached hydrogen (secondary N) is 5. The van der Waals surface area contributed by atoms with Crippen LogP contribution in [0.2, 0.25) is 6.82 Å². The second-order valence-electron chi connectivity index (χ2n) is 13.4. The summed E-state index contributed by atoms with van der Waals surface area (Å²) >= 11 is 1.19. The molecule has 4 aromatic rings. The molecule has 1 atom stereocenters. The smallest absolute Gasteiger partial charge is 0.431 e. The fourth-order valence-corrected chi connectivity index (χ4v) is 7.94. The summed E-state index contributed by atoms with van der Waals surface area (Å²) in [6, 6.07) is 21.5. The lowest BCUT2D eigenvalue weighted by Gasteiger charge is -2.25. The number of sulfonamides is 1. The number of ether oxygens (including phenoxy) is 1. The van der Waals surface area contributed by atoms with Gasteiger partial charge in [-0.25, -0.2) is 13.2 Å². The van der Waals surface area contributed by atoms with Gasteiger partial charge >= 0.3 is 19.1 Å². The molecule has 1 unspecified atom stereocenters. The normalized spacial score (nSPS) is 12.4. The molecule has 0 bridgehead atoms. The molecule has 280 valence electrons. The highest BCUT2D eigenvalue weighted by molar-refractivity contribution is 7.89. The molecule has 0 saturated heterocycles. The van der Waals surface area contributed by atoms with Crippen LogP contribution >= 0.6 is 11.3 Å². The van der Waals surface area contributed by atoms with Crippen LogP contribution in [-0.2, 0) is 26.1 Å². The van der Waals surface area contributed by atoms with Gasteiger partial charge in [0.1, 0.15) is 11.6 Å². The fourth-order valence-electron chi connectivity index (χ4n) is 5.38. The zero-order valence-corrected chi connectivity index (χ0v) is 32.4. The third kappa shape index (κ3) is 12.3. The van der Waals surface area contributed by atoms with E-state index in [9.17, 15) is 27.8 Å². The van der Waals surface area contributed by atoms with E-state index in [4.69, 9.17) is 4.74 Å². The van der Waals surface area contributed by atoms with E-state index < -0.39 is 46.6 Å². The lowest BCUT2D eigenvalue weighted by Crippen LogP contribution is -2.50. The van der Waals surface area contributed by atoms with Crippen LogP contribution < -0.4 is 26.0 Å². The Bertz CT molecular complexity index is 2060. The maximum absolute atomic E-state index is 13.5. The Labute approximate surface area is 314 Å². The molecular formula is C37H45BN6O7S2. The molecule has 0 spiro atoms. The van der Waals surface area contributed by atoms with Crippen molar-refractivity contribution in [2.75, 3.05) is 11.9 Å². The highest BCUT2D eigenvalue weighted by Gasteiger charge is 2.32. The van der Waals surface area contributed by atoms with Gasteiger partial charge in [0, 0.05) is 23.7 Å². The number of carbonyl (C=O) groups is 3. The van der Waals surface area contributed by atoms with E-state index >= 15 is 0 Å². The molecule has 6 N–H and O–H groups in total. The van der Waals surface area contributed by atoms with E-state index in [1.165, 1.54) is 18.2 Å². The highest BCUT2D eigenvalue weighted by atomic mass is 32.2. The summed E-state index contributed by atoms with van der Waals surface area (Å²) in [7, 11) is -5.28. The number of esters is 1. The first-order valence-corrected chi connectivity index (χ1v) is 19.1. The molecule has 0 aliphatic carbocycles. The Kier molecular flexibility index (Phi) is 13.6. The lowest BCUT2D eigenvalue weighted by atomic mass is 9.91. The number of amides is 3. The summed E-state index contributed by atoms with van der Waals surface area (Å²) in [6.45, 7) is 11.6. The molecule has 3 aromatic carbocycles. The quantitative estimate of drug-likeness (QED) is 0.0496. The Hall–Kier alpha value is -5.03. The molecule has 16 heteroatoms. The van der Waals surface area contributed by atoms with E-state index in [2.05, 4.69) is 30.9 Å². The summed E-state index contributed by atoms with van der Waals surface area (Å²) in [4.78, 5) is 44.3. The van der Waals surface area contributed by atoms with Crippen LogP contribution in [0, 0.1) is 20.8 Å². The van der Waals surface area contributed by atoms with Gasteiger partial charge in [0.25, 0.3) is 5.91 Å². The molecule has 1 heterocycles. The Balaban J connectivity index is 1.45. The number of guanidine groups is 1. The second kappa shape index (κ2) is 17.7. The number of rotatable bonds is 12. The van der Waals surface area contributed by atoms with Crippen molar-refractivity contribution in [3.63, 3.8) is 0 Å². The molecular weight excluding hydrogens is 715 g/mol. The molecule has 4 rings (SSSR count). The Morgan fingerprint density at radius 3 is 2.25 bits per heavy atom. The van der Waals surface area contributed by atoms with Crippen molar-refractivity contribution in [3.05, 3.63) is 106 Å². The van der Waals surface area contributed by atoms with Crippen molar-refractivity contribution < 1.29 is 32.6 Å². The van der Waals surface area contributed by atoms with Gasteiger partial charge in [-0.2, -0.15) is 4.72 Å². The zero-order chi connectivity index (χ0) is 38.9. The first-order chi connectivity index (χ1) is 24.9. The van der Waals surface area contributed by atoms with E-state index in [0.717, 1.165) is 21.6 Å². The largest absolute Gasteiger partial charge is 0.459 e. The van der Waals surface area contributed by atoms with Crippen LogP contribution in [0.1, 0.15) is 52.7 Å². The summed E-state index contributed by atoms with van der Waals surface area (Å²) < 4.78 is 35.0. The number of hydrogen-bond acceptors (Lipinski definition) is 9. The first-order valence-electron chi connectivity index (χ1n) is 16.8. The predicted octanol–water partition coefficient (Wildman–Crippen LogP) is 5.14. The van der Waals surface area contributed by atoms with Gasteiger partial charge in [-0.15, -0.1) is 11.3 Å². The summed E-state index contributed by atoms with van der Waals surface area (Å²) in [6.07, 6.45) is 0. The monoisotopic (exact) mass is 760 g/mol. The Morgan fingerprint density at radius 1 is 0.925 bits per heavy atom. The Morgan fingerprint density at radius 2 is 1.60 bits per heavy atom. The maximum Gasteiger partial charge on any atom is 0.431 e. The van der Waals surface area contributed by atoms with Crippen molar-refractivity contribution in [2.45, 2.75) is 71.4 Å². The van der Waals surface area contributed by atoms with Crippen molar-refractivity contribution in [1.29, 1.82) is 0 Å². The van der Waals surface area contributed by atoms with Crippen molar-refractivity contribution >= 4 is 58.0 Å². The van der Waals surface area contributed by atoms with Crippen molar-refractivity contribution in [3.8, 4) is 10.4 Å². The van der Waals surface area contributed by atoms with Crippen LogP contribution in [0.25, 0.3) is 10.4 Å². The molecule has 13 nitrogen and oxygen atoms in total. The third-order valence-corrected chi connectivity index (χ3v) is 10.3. The number of thiophene rings is 1. The first kappa shape index (κ1) is 40.7. The predicted molar refractivity (Wildman–Crippen MR) is 209 cm³/mol. The molecule has 3 amide bonds. The molecule has 0 aliphatic rings. The van der Waals surface area contributed by atoms with Crippen molar-refractivity contribution in [2.24, 2.45) is 4.90 Å². The topological polar surface area (TPSA) is 187 Å². The minimum atomic E-state index is -4.18. The molecule has 0 saturated carbocycles. The van der Waals surface area contributed by atoms with Gasteiger partial charge in [0.05, 0.1) is 9.77 Å². The number of nitrogens with zero attached hydrogens (tertiary/aromatic N) is 1. The van der Waals surface area contributed by atoms with E-state index in [0.29, 0.717) is 28.2 Å². The highest BCUT2D eigenvalue weighted by Crippen LogP contribution is 2.30. The van der Waals surface area contributed by atoms with Crippen LogP contribution in [0.4, 0.5) is 10.5 Å². The van der Waals surface area contributed by atoms with E-state index in [1.54, 1.807) is 77.1 Å². The van der Waals surface area contributed by atoms with Crippen LogP contribution in [0.3, 0.4) is 0 Å². The van der Waals surface area contributed by atoms with Gasteiger partial charge in [0.2, 0.25) is 10.0 Å². The summed E-state index contributed by atoms with van der Waals surface area (Å²) in [5.41, 5.74) is 3.26. The average Bonchev–Trinajstić information content (AvgIpc) is 3.55. The van der Waals surface area contributed by atoms with Gasteiger partial charge in [-0.05, 0) is 94.9 Å². The number of hydrogen-bond donors (Lipinski definition) is 6. The van der Waals surface area contributed by atoms with Crippen LogP contribution in [-0.4, -0.2) is 62.5 Å². The maximum atomic E-state index is 13.5. The molecule has 0 fully saturated rings. The summed E-state index contributed by atoms with van der Waals surface area (Å²) in [5, 5.41) is 21.0. The lowest BCUT2D eigenvalue weighted by molar-refractivity contribution is -0.156. The number of urea groups is 1. The standard InChI is InChI=1S/C37H45BN6O7S2/c1-23-18-24(2)32(25(3)19-23)53(49,50)44-29(34(46)51-37(4,5)6)22-39-33(45)31-17-16-30(52-31)27-14-11-15-28(20-27)41-35(43-38(7)48)42-36(47)40-21-26-12-9-8-10-13-26/h8-20,29,44,48H,21-22H2,1-7H3,(H,39,45)(H3,40,41,42,43,47). The van der Waals surface area contributed by atoms with Gasteiger partial charge in [-0.3, -0.25) is 19.8 Å². The zero-order valence-electron chi connectivity index (χ0n) is 30.7. The van der Waals surface area contributed by atoms with E-state index in [-0.39, 0.29) is 17.4 Å². The SMILES string of the molecule is CB(O)/N=C(\NC(=O)NCc1ccccc1)Nc1cccc(-c2ccc(C(=O)NCC(NS(=O)(=O)c3c(C)cc(C)cc3C)C(=O)OC(C)(C)C)s2)c1. The van der Waals surface area contributed by atoms with Gasteiger partial charge in [0.15, 0.2) is 5.96 Å². The number of benzene rings is 3. The van der Waals surface area contributed by atoms with Crippen molar-refractivity contribution in [1.82, 2.24) is 20.7 Å². The van der Waals surface area contributed by atoms with Crippen LogP contribution in [0.15, 0.2) is 88.7 Å². The van der Waals surface area contributed by atoms with Gasteiger partial charge < -0.3 is 25.7 Å². The van der Waals surface area contributed by atoms with E-state index in [1.807, 2.05) is 43.3 Å². The second-order valence-corrected chi connectivity index (χ2v) is 16.2. The van der Waals surface area contributed by atoms with Crippen LogP contribution in [0.5, 0.6) is 0 Å². The summed E-state index contributed by atoms with van der Waals surface area (Å²) in [5.74, 6) is -1.32. The molecule has 0 radical (unpaired) electrons. The number of aryl methyl sites for hydroxylation is 3. The number of carbonyl (C=O) groups excluding carboxylic acids is 3. The number of anilines is 1. The average molecular weight is 761 g/mol. The molecule has 0 aliphatic heterocycles. The molecule has 1 aromatic heterocycles. The fraction of sp³-hybridized carbons (Fsp3) is 0.297. The molecule has 53 heavy (non-hydrogen) atoms.